The van der Waals surface area contributed by atoms with Crippen LogP contribution in [-0.2, 0) is 4.74 Å². The van der Waals surface area contributed by atoms with Crippen LogP contribution in [0.4, 0.5) is 5.82 Å². The van der Waals surface area contributed by atoms with Crippen LogP contribution in [0.25, 0.3) is 11.2 Å². The second kappa shape index (κ2) is 7.24. The Morgan fingerprint density at radius 1 is 1.18 bits per heavy atom. The molecule has 5 N–H and O–H groups in total. The first-order valence-electron chi connectivity index (χ1n) is 8.49. The number of aliphatic hydroxyl groups excluding tert-OH is 3. The Morgan fingerprint density at radius 2 is 1.89 bits per heavy atom. The molecule has 4 rings (SSSR count). The Hall–Kier alpha value is -2.34. The lowest BCUT2D eigenvalue weighted by Gasteiger charge is -2.21. The van der Waals surface area contributed by atoms with Crippen molar-refractivity contribution in [2.45, 2.75) is 30.6 Å². The summed E-state index contributed by atoms with van der Waals surface area (Å²) in [5.41, 5.74) is 1.30. The molecule has 0 saturated carbocycles. The van der Waals surface area contributed by atoms with E-state index in [1.807, 2.05) is 0 Å². The van der Waals surface area contributed by atoms with Gasteiger partial charge in [0.2, 0.25) is 0 Å². The van der Waals surface area contributed by atoms with Crippen molar-refractivity contribution in [3.05, 3.63) is 47.5 Å². The molecular formula is C17H19ClN6O4. The molecule has 0 aliphatic carbocycles. The van der Waals surface area contributed by atoms with Gasteiger partial charge in [-0.1, -0.05) is 23.7 Å². The first-order valence-corrected chi connectivity index (χ1v) is 8.87. The highest BCUT2D eigenvalue weighted by Crippen LogP contribution is 2.37. The number of ether oxygens (including phenoxy) is 1. The number of rotatable bonds is 4. The maximum Gasteiger partial charge on any atom is 0.174 e. The Morgan fingerprint density at radius 3 is 2.57 bits per heavy atom. The molecule has 28 heavy (non-hydrogen) atoms. The highest BCUT2D eigenvalue weighted by molar-refractivity contribution is 6.30. The molecule has 3 aromatic rings. The van der Waals surface area contributed by atoms with Crippen molar-refractivity contribution in [3.8, 4) is 0 Å². The van der Waals surface area contributed by atoms with Gasteiger partial charge in [0, 0.05) is 12.1 Å². The summed E-state index contributed by atoms with van der Waals surface area (Å²) in [4.78, 5) is 12.5. The van der Waals surface area contributed by atoms with Gasteiger partial charge in [-0.25, -0.2) is 20.8 Å². The van der Waals surface area contributed by atoms with Crippen molar-refractivity contribution in [3.63, 3.8) is 0 Å². The van der Waals surface area contributed by atoms with Crippen molar-refractivity contribution in [1.29, 1.82) is 0 Å². The predicted molar refractivity (Wildman–Crippen MR) is 100 cm³/mol. The van der Waals surface area contributed by atoms with Gasteiger partial charge in [0.25, 0.3) is 0 Å². The lowest BCUT2D eigenvalue weighted by atomic mass is 9.99. The van der Waals surface area contributed by atoms with Gasteiger partial charge in [0.05, 0.1) is 6.33 Å². The fourth-order valence-corrected chi connectivity index (χ4v) is 3.44. The van der Waals surface area contributed by atoms with E-state index in [9.17, 15) is 15.3 Å². The molecule has 1 aromatic carbocycles. The molecule has 3 heterocycles. The van der Waals surface area contributed by atoms with Gasteiger partial charge in [-0.2, -0.15) is 0 Å². The monoisotopic (exact) mass is 406 g/mol. The summed E-state index contributed by atoms with van der Waals surface area (Å²) in [7, 11) is 1.62. The third kappa shape index (κ3) is 3.09. The molecule has 1 aliphatic heterocycles. The smallest absolute Gasteiger partial charge is 0.174 e. The third-order valence-corrected chi connectivity index (χ3v) is 5.00. The van der Waals surface area contributed by atoms with Crippen molar-refractivity contribution in [1.82, 2.24) is 19.5 Å². The Bertz CT molecular complexity index is 981. The molecule has 2 aromatic heterocycles. The molecule has 5 atom stereocenters. The summed E-state index contributed by atoms with van der Waals surface area (Å²) in [6.45, 7) is 0. The van der Waals surface area contributed by atoms with Gasteiger partial charge in [-0.3, -0.25) is 9.58 Å². The van der Waals surface area contributed by atoms with E-state index in [0.29, 0.717) is 27.6 Å². The van der Waals surface area contributed by atoms with Crippen LogP contribution >= 0.6 is 11.6 Å². The lowest BCUT2D eigenvalue weighted by Crippen LogP contribution is -2.34. The van der Waals surface area contributed by atoms with E-state index in [4.69, 9.17) is 22.2 Å². The highest BCUT2D eigenvalue weighted by Gasteiger charge is 2.47. The maximum atomic E-state index is 10.6. The summed E-state index contributed by atoms with van der Waals surface area (Å²) in [6, 6.07) is 6.51. The number of aromatic nitrogens is 4. The zero-order valence-corrected chi connectivity index (χ0v) is 15.5. The number of imidazole rings is 1. The SMILES string of the molecule is CN(N)c1ncnc2c1ncn2[C@@H]1O[C@H](C(O)c2ccc(Cl)cc2)[C@@H](O)[C@H]1O. The number of benzene rings is 1. The van der Waals surface area contributed by atoms with Gasteiger partial charge in [0.15, 0.2) is 23.2 Å². The first kappa shape index (κ1) is 19.0. The number of hydrazine groups is 1. The molecule has 0 bridgehead atoms. The fraction of sp³-hybridized carbons (Fsp3) is 0.353. The number of aliphatic hydroxyl groups is 3. The van der Waals surface area contributed by atoms with E-state index >= 15 is 0 Å². The topological polar surface area (TPSA) is 143 Å². The largest absolute Gasteiger partial charge is 0.387 e. The normalized spacial score (nSPS) is 25.9. The Balaban J connectivity index is 1.66. The second-order valence-corrected chi connectivity index (χ2v) is 7.04. The van der Waals surface area contributed by atoms with E-state index in [0.717, 1.165) is 0 Å². The number of hydrogen-bond donors (Lipinski definition) is 4. The van der Waals surface area contributed by atoms with Crippen LogP contribution in [0.2, 0.25) is 5.02 Å². The van der Waals surface area contributed by atoms with Crippen LogP contribution in [0, 0.1) is 0 Å². The molecule has 0 amide bonds. The molecule has 1 aliphatic rings. The average Bonchev–Trinajstić information content (AvgIpc) is 3.23. The number of nitrogens with zero attached hydrogens (tertiary/aromatic N) is 5. The lowest BCUT2D eigenvalue weighted by molar-refractivity contribution is -0.0849. The standard InChI is InChI=1S/C17H19ClN6O4/c1-23(19)15-10-16(21-6-20-15)24(7-22-10)17-13(27)12(26)14(28-17)11(25)8-2-4-9(18)5-3-8/h2-7,11-14,17,25-27H,19H2,1H3/t11?,12-,13+,14+,17+/m0/s1. The number of nitrogens with two attached hydrogens (primary N) is 1. The molecule has 0 radical (unpaired) electrons. The highest BCUT2D eigenvalue weighted by atomic mass is 35.5. The van der Waals surface area contributed by atoms with Crippen LogP contribution < -0.4 is 10.9 Å². The van der Waals surface area contributed by atoms with Gasteiger partial charge in [-0.15, -0.1) is 0 Å². The Kier molecular flexibility index (Phi) is 4.91. The number of fused-ring (bicyclic) bond motifs is 1. The van der Waals surface area contributed by atoms with Crippen molar-refractivity contribution >= 4 is 28.6 Å². The molecule has 148 valence electrons. The Labute approximate surface area is 164 Å². The zero-order valence-electron chi connectivity index (χ0n) is 14.8. The van der Waals surface area contributed by atoms with Crippen LogP contribution in [0.15, 0.2) is 36.9 Å². The van der Waals surface area contributed by atoms with E-state index in [-0.39, 0.29) is 0 Å². The molecule has 10 nitrogen and oxygen atoms in total. The average molecular weight is 407 g/mol. The second-order valence-electron chi connectivity index (χ2n) is 6.60. The number of anilines is 1. The van der Waals surface area contributed by atoms with Crippen LogP contribution in [-0.4, -0.2) is 60.2 Å². The quantitative estimate of drug-likeness (QED) is 0.351. The molecule has 1 fully saturated rings. The summed E-state index contributed by atoms with van der Waals surface area (Å²) < 4.78 is 7.30. The van der Waals surface area contributed by atoms with Crippen LogP contribution in [0.1, 0.15) is 17.9 Å². The van der Waals surface area contributed by atoms with Gasteiger partial charge in [-0.05, 0) is 17.7 Å². The molecule has 0 spiro atoms. The summed E-state index contributed by atoms with van der Waals surface area (Å²) in [5, 5.41) is 33.5. The van der Waals surface area contributed by atoms with Crippen molar-refractivity contribution < 1.29 is 20.1 Å². The minimum atomic E-state index is -1.33. The van der Waals surface area contributed by atoms with E-state index in [1.165, 1.54) is 22.2 Å². The van der Waals surface area contributed by atoms with Gasteiger partial charge >= 0.3 is 0 Å². The number of hydrogen-bond acceptors (Lipinski definition) is 9. The maximum absolute atomic E-state index is 10.6. The third-order valence-electron chi connectivity index (χ3n) is 4.75. The summed E-state index contributed by atoms with van der Waals surface area (Å²) in [5.74, 6) is 6.16. The zero-order chi connectivity index (χ0) is 20.0. The molecule has 1 unspecified atom stereocenters. The molecule has 1 saturated heterocycles. The predicted octanol–water partition coefficient (Wildman–Crippen LogP) is 0.142. The summed E-state index contributed by atoms with van der Waals surface area (Å²) >= 11 is 5.87. The summed E-state index contributed by atoms with van der Waals surface area (Å²) in [6.07, 6.45) is -3.12. The van der Waals surface area contributed by atoms with E-state index in [1.54, 1.807) is 31.3 Å². The van der Waals surface area contributed by atoms with E-state index in [2.05, 4.69) is 15.0 Å². The molecular weight excluding hydrogens is 388 g/mol. The molecule has 11 heteroatoms. The van der Waals surface area contributed by atoms with Gasteiger partial charge in [0.1, 0.15) is 30.7 Å². The first-order chi connectivity index (χ1) is 13.4. The minimum Gasteiger partial charge on any atom is -0.387 e. The van der Waals surface area contributed by atoms with Crippen molar-refractivity contribution in [2.24, 2.45) is 5.84 Å². The van der Waals surface area contributed by atoms with Crippen molar-refractivity contribution in [2.75, 3.05) is 12.1 Å². The fourth-order valence-electron chi connectivity index (χ4n) is 3.31. The van der Waals surface area contributed by atoms with Crippen LogP contribution in [0.3, 0.4) is 0 Å². The van der Waals surface area contributed by atoms with E-state index < -0.39 is 30.6 Å². The van der Waals surface area contributed by atoms with Gasteiger partial charge < -0.3 is 20.1 Å². The number of halogens is 1. The minimum absolute atomic E-state index is 0.375. The van der Waals surface area contributed by atoms with Crippen LogP contribution in [0.5, 0.6) is 0 Å².